The molecule has 2 aliphatic carbocycles. The predicted molar refractivity (Wildman–Crippen MR) is 53.5 cm³/mol. The fourth-order valence-corrected chi connectivity index (χ4v) is 3.21. The first kappa shape index (κ1) is 8.72. The van der Waals surface area contributed by atoms with Gasteiger partial charge in [-0.2, -0.15) is 0 Å². The predicted octanol–water partition coefficient (Wildman–Crippen LogP) is 0.735. The molecule has 1 saturated heterocycles. The summed E-state index contributed by atoms with van der Waals surface area (Å²) >= 11 is 0. The highest BCUT2D eigenvalue weighted by atomic mass is 16.2. The zero-order valence-corrected chi connectivity index (χ0v) is 8.48. The summed E-state index contributed by atoms with van der Waals surface area (Å²) in [5.74, 6) is 1.07. The van der Waals surface area contributed by atoms with Gasteiger partial charge in [-0.25, -0.2) is 0 Å². The highest BCUT2D eigenvalue weighted by Crippen LogP contribution is 2.46. The monoisotopic (exact) mass is 194 g/mol. The van der Waals surface area contributed by atoms with Crippen LogP contribution in [0, 0.1) is 11.8 Å². The van der Waals surface area contributed by atoms with Gasteiger partial charge in [0.1, 0.15) is 0 Å². The summed E-state index contributed by atoms with van der Waals surface area (Å²) in [6.45, 7) is 0.954. The van der Waals surface area contributed by atoms with Gasteiger partial charge in [-0.1, -0.05) is 19.3 Å². The summed E-state index contributed by atoms with van der Waals surface area (Å²) in [6.07, 6.45) is 6.40. The maximum atomic E-state index is 11.9. The van der Waals surface area contributed by atoms with E-state index < -0.39 is 0 Å². The third-order valence-electron chi connectivity index (χ3n) is 4.22. The number of nitrogens with two attached hydrogens (primary N) is 1. The van der Waals surface area contributed by atoms with Crippen molar-refractivity contribution in [2.24, 2.45) is 17.6 Å². The van der Waals surface area contributed by atoms with E-state index in [4.69, 9.17) is 5.73 Å². The number of hydrogen-bond acceptors (Lipinski definition) is 2. The average molecular weight is 194 g/mol. The lowest BCUT2D eigenvalue weighted by Crippen LogP contribution is -2.42. The zero-order chi connectivity index (χ0) is 9.71. The van der Waals surface area contributed by atoms with Crippen LogP contribution in [-0.2, 0) is 4.79 Å². The number of nitrogens with zero attached hydrogens (tertiary/aromatic N) is 1. The summed E-state index contributed by atoms with van der Waals surface area (Å²) < 4.78 is 0. The number of rotatable bonds is 1. The summed E-state index contributed by atoms with van der Waals surface area (Å²) in [7, 11) is 0. The van der Waals surface area contributed by atoms with Gasteiger partial charge in [0.05, 0.1) is 5.92 Å². The van der Waals surface area contributed by atoms with Crippen LogP contribution in [0.15, 0.2) is 0 Å². The number of hydrogen-bond donors (Lipinski definition) is 1. The Labute approximate surface area is 84.6 Å². The molecule has 0 bridgehead atoms. The first-order valence-electron chi connectivity index (χ1n) is 5.85. The smallest absolute Gasteiger partial charge is 0.227 e. The topological polar surface area (TPSA) is 46.3 Å². The molecule has 3 heteroatoms. The maximum absolute atomic E-state index is 11.9. The van der Waals surface area contributed by atoms with Crippen molar-refractivity contribution in [3.05, 3.63) is 0 Å². The molecule has 3 unspecified atom stereocenters. The second-order valence-corrected chi connectivity index (χ2v) is 5.05. The molecule has 3 fully saturated rings. The van der Waals surface area contributed by atoms with Crippen LogP contribution in [0.4, 0.5) is 0 Å². The summed E-state index contributed by atoms with van der Waals surface area (Å²) in [4.78, 5) is 14.0. The quantitative estimate of drug-likeness (QED) is 0.669. The Bertz CT molecular complexity index is 260. The number of carbonyl (C=O) groups excluding carboxylic acids is 1. The van der Waals surface area contributed by atoms with Crippen molar-refractivity contribution < 1.29 is 4.79 Å². The number of fused-ring (bicyclic) bond motifs is 1. The van der Waals surface area contributed by atoms with Crippen molar-refractivity contribution in [3.8, 4) is 0 Å². The molecule has 1 aliphatic heterocycles. The number of piperidine rings is 1. The third-order valence-corrected chi connectivity index (χ3v) is 4.22. The van der Waals surface area contributed by atoms with Crippen molar-refractivity contribution >= 4 is 5.91 Å². The van der Waals surface area contributed by atoms with Gasteiger partial charge in [0.15, 0.2) is 0 Å². The molecule has 0 aromatic rings. The molecule has 14 heavy (non-hydrogen) atoms. The van der Waals surface area contributed by atoms with E-state index in [0.717, 1.165) is 6.54 Å². The SMILES string of the molecule is NC1C2CN(C3CCCCC3)C(=O)C12. The van der Waals surface area contributed by atoms with E-state index in [-0.39, 0.29) is 12.0 Å². The molecular weight excluding hydrogens is 176 g/mol. The van der Waals surface area contributed by atoms with Crippen molar-refractivity contribution in [3.63, 3.8) is 0 Å². The van der Waals surface area contributed by atoms with E-state index in [0.29, 0.717) is 17.9 Å². The largest absolute Gasteiger partial charge is 0.339 e. The van der Waals surface area contributed by atoms with Gasteiger partial charge in [0, 0.05) is 24.5 Å². The number of carbonyl (C=O) groups is 1. The fourth-order valence-electron chi connectivity index (χ4n) is 3.21. The van der Waals surface area contributed by atoms with Crippen LogP contribution >= 0.6 is 0 Å². The lowest BCUT2D eigenvalue weighted by atomic mass is 9.94. The van der Waals surface area contributed by atoms with Crippen LogP contribution in [0.5, 0.6) is 0 Å². The number of amides is 1. The summed E-state index contributed by atoms with van der Waals surface area (Å²) in [5, 5.41) is 0. The molecule has 3 atom stereocenters. The molecule has 0 spiro atoms. The minimum absolute atomic E-state index is 0.197. The van der Waals surface area contributed by atoms with E-state index in [1.54, 1.807) is 0 Å². The zero-order valence-electron chi connectivity index (χ0n) is 8.48. The van der Waals surface area contributed by atoms with E-state index in [1.165, 1.54) is 32.1 Å². The molecular formula is C11H18N2O. The van der Waals surface area contributed by atoms with Gasteiger partial charge in [0.25, 0.3) is 0 Å². The molecule has 3 rings (SSSR count). The Morgan fingerprint density at radius 1 is 1.21 bits per heavy atom. The highest BCUT2D eigenvalue weighted by Gasteiger charge is 2.60. The Hall–Kier alpha value is -0.570. The minimum atomic E-state index is 0.197. The van der Waals surface area contributed by atoms with Crippen LogP contribution in [0.1, 0.15) is 32.1 Å². The van der Waals surface area contributed by atoms with Gasteiger partial charge in [-0.15, -0.1) is 0 Å². The first-order valence-corrected chi connectivity index (χ1v) is 5.85. The third kappa shape index (κ3) is 1.11. The van der Waals surface area contributed by atoms with E-state index >= 15 is 0 Å². The van der Waals surface area contributed by atoms with E-state index in [1.807, 2.05) is 0 Å². The Morgan fingerprint density at radius 2 is 1.93 bits per heavy atom. The van der Waals surface area contributed by atoms with Gasteiger partial charge in [-0.05, 0) is 12.8 Å². The molecule has 0 aromatic heterocycles. The second kappa shape index (κ2) is 2.96. The molecule has 0 radical (unpaired) electrons. The molecule has 3 aliphatic rings. The first-order chi connectivity index (χ1) is 6.79. The van der Waals surface area contributed by atoms with Crippen LogP contribution in [-0.4, -0.2) is 29.4 Å². The van der Waals surface area contributed by atoms with Crippen molar-refractivity contribution in [2.45, 2.75) is 44.2 Å². The normalized spacial score (nSPS) is 42.8. The Balaban J connectivity index is 1.67. The van der Waals surface area contributed by atoms with Crippen molar-refractivity contribution in [2.75, 3.05) is 6.54 Å². The van der Waals surface area contributed by atoms with Crippen LogP contribution in [0.3, 0.4) is 0 Å². The molecule has 1 amide bonds. The second-order valence-electron chi connectivity index (χ2n) is 5.05. The summed E-state index contributed by atoms with van der Waals surface area (Å²) in [6, 6.07) is 0.749. The number of likely N-dealkylation sites (tertiary alicyclic amines) is 1. The van der Waals surface area contributed by atoms with Gasteiger partial charge < -0.3 is 10.6 Å². The maximum Gasteiger partial charge on any atom is 0.227 e. The van der Waals surface area contributed by atoms with Crippen LogP contribution < -0.4 is 5.73 Å². The van der Waals surface area contributed by atoms with E-state index in [2.05, 4.69) is 4.90 Å². The molecule has 2 N–H and O–H groups in total. The van der Waals surface area contributed by atoms with Crippen LogP contribution in [0.25, 0.3) is 0 Å². The average Bonchev–Trinajstić information content (AvgIpc) is 2.70. The molecule has 78 valence electrons. The van der Waals surface area contributed by atoms with Crippen molar-refractivity contribution in [1.29, 1.82) is 0 Å². The van der Waals surface area contributed by atoms with Crippen LogP contribution in [0.2, 0.25) is 0 Å². The molecule has 1 heterocycles. The lowest BCUT2D eigenvalue weighted by molar-refractivity contribution is -0.132. The standard InChI is InChI=1S/C11H18N2O/c12-10-8-6-13(11(14)9(8)10)7-4-2-1-3-5-7/h7-10H,1-6,12H2. The van der Waals surface area contributed by atoms with Gasteiger partial charge in [0.2, 0.25) is 5.91 Å². The van der Waals surface area contributed by atoms with E-state index in [9.17, 15) is 4.79 Å². The van der Waals surface area contributed by atoms with Gasteiger partial charge >= 0.3 is 0 Å². The molecule has 3 nitrogen and oxygen atoms in total. The Morgan fingerprint density at radius 3 is 2.50 bits per heavy atom. The minimum Gasteiger partial charge on any atom is -0.339 e. The highest BCUT2D eigenvalue weighted by molar-refractivity contribution is 5.86. The fraction of sp³-hybridized carbons (Fsp3) is 0.909. The summed E-state index contributed by atoms with van der Waals surface area (Å²) in [5.41, 5.74) is 5.81. The van der Waals surface area contributed by atoms with Crippen molar-refractivity contribution in [1.82, 2.24) is 4.90 Å². The molecule has 0 aromatic carbocycles. The Kier molecular flexibility index (Phi) is 1.84. The lowest BCUT2D eigenvalue weighted by Gasteiger charge is -2.32. The van der Waals surface area contributed by atoms with Gasteiger partial charge in [-0.3, -0.25) is 4.79 Å². The molecule has 2 saturated carbocycles.